The van der Waals surface area contributed by atoms with E-state index in [0.29, 0.717) is 40.3 Å². The highest BCUT2D eigenvalue weighted by Crippen LogP contribution is 2.70. The van der Waals surface area contributed by atoms with Gasteiger partial charge in [-0.3, -0.25) is 19.6 Å². The van der Waals surface area contributed by atoms with Crippen LogP contribution in [0.1, 0.15) is 106 Å². The van der Waals surface area contributed by atoms with Gasteiger partial charge in [0.25, 0.3) is 0 Å². The fourth-order valence-electron chi connectivity index (χ4n) is 10.0. The number of amides is 1. The fourth-order valence-corrected chi connectivity index (χ4v) is 10.0. The van der Waals surface area contributed by atoms with E-state index in [1.54, 1.807) is 0 Å². The van der Waals surface area contributed by atoms with Crippen molar-refractivity contribution in [1.29, 1.82) is 0 Å². The summed E-state index contributed by atoms with van der Waals surface area (Å²) < 4.78 is 5.73. The highest BCUT2D eigenvalue weighted by molar-refractivity contribution is 5.95. The molecule has 0 heterocycles. The van der Waals surface area contributed by atoms with Crippen LogP contribution in [0.25, 0.3) is 0 Å². The maximum Gasteiger partial charge on any atom is 0.302 e. The lowest BCUT2D eigenvalue weighted by Gasteiger charge is -2.65. The Kier molecular flexibility index (Phi) is 7.51. The summed E-state index contributed by atoms with van der Waals surface area (Å²) in [5.41, 5.74) is 3.61. The van der Waals surface area contributed by atoms with E-state index in [1.807, 2.05) is 0 Å². The van der Waals surface area contributed by atoms with Crippen molar-refractivity contribution in [3.63, 3.8) is 0 Å². The van der Waals surface area contributed by atoms with E-state index >= 15 is 0 Å². The zero-order valence-corrected chi connectivity index (χ0v) is 24.1. The van der Waals surface area contributed by atoms with Crippen LogP contribution >= 0.6 is 0 Å². The second-order valence-corrected chi connectivity index (χ2v) is 14.6. The predicted octanol–water partition coefficient (Wildman–Crippen LogP) is 6.26. The van der Waals surface area contributed by atoms with E-state index < -0.39 is 0 Å². The molecule has 0 aliphatic heterocycles. The van der Waals surface area contributed by atoms with Crippen molar-refractivity contribution < 1.29 is 24.3 Å². The lowest BCUT2D eigenvalue weighted by Crippen LogP contribution is -2.62. The van der Waals surface area contributed by atoms with Crippen LogP contribution in [0.15, 0.2) is 11.6 Å². The number of hydrogen-bond acceptors (Lipinski definition) is 5. The number of esters is 1. The SMILES string of the molecule is CC(=O)OC1CCC2(C)C(CCC3(C)C4CCC5(C)CCC(C)(C)CC5C4=CC(=O)C32)C1C.O=CNO. The minimum Gasteiger partial charge on any atom is -0.462 e. The number of hydroxylamine groups is 1. The van der Waals surface area contributed by atoms with Crippen LogP contribution in [-0.2, 0) is 19.1 Å². The topological polar surface area (TPSA) is 92.7 Å². The smallest absolute Gasteiger partial charge is 0.302 e. The molecule has 2 N–H and O–H groups in total. The number of carbonyl (C=O) groups is 3. The summed E-state index contributed by atoms with van der Waals surface area (Å²) in [4.78, 5) is 34.6. The minimum atomic E-state index is -0.168. The van der Waals surface area contributed by atoms with E-state index in [1.165, 1.54) is 50.1 Å². The molecule has 0 spiro atoms. The molecule has 1 amide bonds. The summed E-state index contributed by atoms with van der Waals surface area (Å²) in [7, 11) is 0. The summed E-state index contributed by atoms with van der Waals surface area (Å²) in [6.07, 6.45) is 13.0. The van der Waals surface area contributed by atoms with Crippen molar-refractivity contribution in [3.8, 4) is 0 Å². The first-order chi connectivity index (χ1) is 17.2. The lowest BCUT2D eigenvalue weighted by molar-refractivity contribution is -0.180. The van der Waals surface area contributed by atoms with Crippen molar-refractivity contribution in [3.05, 3.63) is 11.6 Å². The standard InChI is InChI=1S/C30H46O3.CH3NO2/c1-18-21-9-12-30(7)22-8-11-28(5)15-14-27(3,4)17-23(28)20(22)16-24(32)26(30)29(21,6)13-10-25(18)33-19(2)31;3-1-2-4/h16,18,21-23,25-26H,8-15,17H2,1-7H3;1,4H,(H,2,3). The van der Waals surface area contributed by atoms with Crippen LogP contribution in [0.5, 0.6) is 0 Å². The molecule has 208 valence electrons. The highest BCUT2D eigenvalue weighted by Gasteiger charge is 2.65. The number of ketones is 1. The summed E-state index contributed by atoms with van der Waals surface area (Å²) in [6, 6.07) is 0. The number of hydrogen-bond donors (Lipinski definition) is 2. The molecule has 4 fully saturated rings. The van der Waals surface area contributed by atoms with Gasteiger partial charge in [0, 0.05) is 12.8 Å². The molecule has 0 saturated heterocycles. The number of carbonyl (C=O) groups excluding carboxylic acids is 3. The molecule has 9 unspecified atom stereocenters. The van der Waals surface area contributed by atoms with Gasteiger partial charge in [-0.05, 0) is 109 Å². The van der Waals surface area contributed by atoms with Gasteiger partial charge in [0.15, 0.2) is 5.78 Å². The van der Waals surface area contributed by atoms with Crippen LogP contribution in [0.2, 0.25) is 0 Å². The Hall–Kier alpha value is -1.69. The third-order valence-electron chi connectivity index (χ3n) is 11.9. The van der Waals surface area contributed by atoms with Crippen LogP contribution in [-0.4, -0.2) is 29.5 Å². The summed E-state index contributed by atoms with van der Waals surface area (Å²) in [5, 5.41) is 7.26. The molecule has 9 atom stereocenters. The van der Waals surface area contributed by atoms with Gasteiger partial charge in [-0.15, -0.1) is 0 Å². The maximum absolute atomic E-state index is 14.1. The second-order valence-electron chi connectivity index (χ2n) is 14.6. The Bertz CT molecular complexity index is 957. The van der Waals surface area contributed by atoms with Crippen molar-refractivity contribution in [2.75, 3.05) is 0 Å². The van der Waals surface area contributed by atoms with Crippen LogP contribution in [0.4, 0.5) is 0 Å². The molecule has 0 aromatic carbocycles. The van der Waals surface area contributed by atoms with Crippen molar-refractivity contribution >= 4 is 18.2 Å². The Labute approximate surface area is 223 Å². The summed E-state index contributed by atoms with van der Waals surface area (Å²) >= 11 is 0. The fraction of sp³-hybridized carbons (Fsp3) is 0.839. The van der Waals surface area contributed by atoms with Gasteiger partial charge in [-0.25, -0.2) is 5.48 Å². The first-order valence-corrected chi connectivity index (χ1v) is 14.5. The van der Waals surface area contributed by atoms with E-state index in [0.717, 1.165) is 25.7 Å². The largest absolute Gasteiger partial charge is 0.462 e. The lowest BCUT2D eigenvalue weighted by atomic mass is 9.38. The van der Waals surface area contributed by atoms with Crippen LogP contribution in [0, 0.1) is 51.2 Å². The average Bonchev–Trinajstić information content (AvgIpc) is 2.81. The van der Waals surface area contributed by atoms with Gasteiger partial charge in [0.2, 0.25) is 6.41 Å². The summed E-state index contributed by atoms with van der Waals surface area (Å²) in [6.45, 7) is 16.1. The van der Waals surface area contributed by atoms with E-state index in [-0.39, 0.29) is 35.2 Å². The second kappa shape index (κ2) is 9.81. The van der Waals surface area contributed by atoms with Crippen molar-refractivity contribution in [2.24, 2.45) is 51.2 Å². The molecule has 6 nitrogen and oxygen atoms in total. The molecule has 5 rings (SSSR count). The maximum atomic E-state index is 14.1. The molecule has 37 heavy (non-hydrogen) atoms. The average molecular weight is 516 g/mol. The molecular weight excluding hydrogens is 466 g/mol. The van der Waals surface area contributed by atoms with Gasteiger partial charge in [0.05, 0.1) is 0 Å². The summed E-state index contributed by atoms with van der Waals surface area (Å²) in [5.74, 6) is 2.27. The number of rotatable bonds is 2. The molecule has 4 saturated carbocycles. The molecule has 5 aliphatic carbocycles. The monoisotopic (exact) mass is 515 g/mol. The molecule has 0 bridgehead atoms. The van der Waals surface area contributed by atoms with Crippen molar-refractivity contribution in [1.82, 2.24) is 5.48 Å². The van der Waals surface area contributed by atoms with E-state index in [2.05, 4.69) is 47.6 Å². The molecular formula is C31H49NO5. The van der Waals surface area contributed by atoms with Gasteiger partial charge in [0.1, 0.15) is 6.10 Å². The highest BCUT2D eigenvalue weighted by atomic mass is 16.5. The predicted molar refractivity (Wildman–Crippen MR) is 142 cm³/mol. The Balaban J connectivity index is 0.000000747. The molecule has 0 radical (unpaired) electrons. The first kappa shape index (κ1) is 28.3. The normalized spacial score (nSPS) is 45.8. The van der Waals surface area contributed by atoms with Crippen LogP contribution < -0.4 is 5.48 Å². The van der Waals surface area contributed by atoms with E-state index in [9.17, 15) is 9.59 Å². The number of allylic oxidation sites excluding steroid dienone is 2. The molecule has 0 aromatic rings. The number of nitrogens with one attached hydrogen (secondary N) is 1. The molecule has 5 aliphatic rings. The Morgan fingerprint density at radius 2 is 1.65 bits per heavy atom. The van der Waals surface area contributed by atoms with Crippen LogP contribution in [0.3, 0.4) is 0 Å². The zero-order chi connectivity index (χ0) is 27.4. The Morgan fingerprint density at radius 1 is 1.00 bits per heavy atom. The third-order valence-corrected chi connectivity index (χ3v) is 11.9. The molecule has 0 aromatic heterocycles. The van der Waals surface area contributed by atoms with E-state index in [4.69, 9.17) is 14.7 Å². The minimum absolute atomic E-state index is 0.00870. The van der Waals surface area contributed by atoms with Gasteiger partial charge < -0.3 is 4.74 Å². The van der Waals surface area contributed by atoms with Gasteiger partial charge in [-0.1, -0.05) is 47.1 Å². The number of ether oxygens (including phenoxy) is 1. The molecule has 6 heteroatoms. The zero-order valence-electron chi connectivity index (χ0n) is 24.1. The van der Waals surface area contributed by atoms with Gasteiger partial charge in [-0.2, -0.15) is 0 Å². The Morgan fingerprint density at radius 3 is 2.27 bits per heavy atom. The third kappa shape index (κ3) is 4.70. The quantitative estimate of drug-likeness (QED) is 0.196. The van der Waals surface area contributed by atoms with Gasteiger partial charge >= 0.3 is 5.97 Å². The van der Waals surface area contributed by atoms with Crippen molar-refractivity contribution in [2.45, 2.75) is 112 Å². The number of fused-ring (bicyclic) bond motifs is 7. The first-order valence-electron chi connectivity index (χ1n) is 14.5.